The Morgan fingerprint density at radius 3 is 2.84 bits per heavy atom. The molecular weight excluding hydrogens is 289 g/mol. The molecule has 2 unspecified atom stereocenters. The van der Waals surface area contributed by atoms with E-state index in [2.05, 4.69) is 0 Å². The summed E-state index contributed by atoms with van der Waals surface area (Å²) in [5, 5.41) is 9.99. The lowest BCUT2D eigenvalue weighted by Gasteiger charge is -2.36. The average molecular weight is 304 g/mol. The Labute approximate surface area is 121 Å². The van der Waals surface area contributed by atoms with Crippen LogP contribution in [0.2, 0.25) is 10.0 Å². The Kier molecular flexibility index (Phi) is 4.68. The first-order valence-corrected chi connectivity index (χ1v) is 6.77. The molecule has 19 heavy (non-hydrogen) atoms. The van der Waals surface area contributed by atoms with E-state index < -0.39 is 0 Å². The van der Waals surface area contributed by atoms with E-state index in [1.54, 1.807) is 23.1 Å². The number of hydrogen-bond acceptors (Lipinski definition) is 3. The number of aliphatic hydroxyl groups excluding tert-OH is 1. The van der Waals surface area contributed by atoms with Crippen molar-refractivity contribution in [1.29, 1.82) is 0 Å². The second-order valence-electron chi connectivity index (χ2n) is 4.59. The maximum Gasteiger partial charge on any atom is 0.255 e. The third-order valence-corrected chi connectivity index (χ3v) is 3.53. The van der Waals surface area contributed by atoms with Gasteiger partial charge in [-0.1, -0.05) is 23.2 Å². The number of rotatable bonds is 2. The lowest BCUT2D eigenvalue weighted by molar-refractivity contribution is -0.0858. The molecule has 0 radical (unpaired) electrons. The lowest BCUT2D eigenvalue weighted by atomic mass is 10.1. The van der Waals surface area contributed by atoms with Crippen molar-refractivity contribution in [3.05, 3.63) is 33.8 Å². The average Bonchev–Trinajstić information content (AvgIpc) is 2.37. The number of benzene rings is 1. The summed E-state index contributed by atoms with van der Waals surface area (Å²) < 4.78 is 5.50. The van der Waals surface area contributed by atoms with E-state index in [1.165, 1.54) is 0 Å². The topological polar surface area (TPSA) is 49.8 Å². The Balaban J connectivity index is 2.18. The number of morpholine rings is 1. The van der Waals surface area contributed by atoms with Crippen LogP contribution in [-0.2, 0) is 4.74 Å². The number of carbonyl (C=O) groups excluding carboxylic acids is 1. The molecule has 1 aromatic carbocycles. The van der Waals surface area contributed by atoms with Gasteiger partial charge in [-0.2, -0.15) is 0 Å². The molecule has 0 saturated carbocycles. The molecule has 2 atom stereocenters. The predicted octanol–water partition coefficient (Wildman–Crippen LogP) is 2.22. The molecule has 1 aliphatic rings. The summed E-state index contributed by atoms with van der Waals surface area (Å²) in [6, 6.07) is 4.79. The van der Waals surface area contributed by atoms with Crippen LogP contribution in [0.25, 0.3) is 0 Å². The molecular formula is C13H15Cl2NO3. The molecule has 0 aliphatic carbocycles. The molecule has 6 heteroatoms. The van der Waals surface area contributed by atoms with Gasteiger partial charge in [-0.15, -0.1) is 0 Å². The van der Waals surface area contributed by atoms with E-state index in [4.69, 9.17) is 33.0 Å². The minimum atomic E-state index is -0.348. The van der Waals surface area contributed by atoms with E-state index in [9.17, 15) is 4.79 Å². The molecule has 1 fully saturated rings. The van der Waals surface area contributed by atoms with Crippen molar-refractivity contribution in [1.82, 2.24) is 4.90 Å². The van der Waals surface area contributed by atoms with E-state index in [1.807, 2.05) is 6.92 Å². The standard InChI is InChI=1S/C13H15Cl2NO3/c1-8-5-16(6-10(7-17)19-8)13(18)11-3-2-9(14)4-12(11)15/h2-4,8,10,17H,5-7H2,1H3. The zero-order valence-electron chi connectivity index (χ0n) is 10.5. The molecule has 1 saturated heterocycles. The van der Waals surface area contributed by atoms with Crippen LogP contribution in [0.1, 0.15) is 17.3 Å². The highest BCUT2D eigenvalue weighted by Gasteiger charge is 2.29. The fourth-order valence-electron chi connectivity index (χ4n) is 2.15. The normalized spacial score (nSPS) is 23.5. The Bertz CT molecular complexity index is 481. The van der Waals surface area contributed by atoms with Crippen LogP contribution in [0.3, 0.4) is 0 Å². The van der Waals surface area contributed by atoms with Gasteiger partial charge in [-0.3, -0.25) is 4.79 Å². The largest absolute Gasteiger partial charge is 0.394 e. The summed E-state index contributed by atoms with van der Waals surface area (Å²) in [4.78, 5) is 14.0. The molecule has 1 heterocycles. The van der Waals surface area contributed by atoms with Crippen LogP contribution < -0.4 is 0 Å². The molecule has 104 valence electrons. The number of halogens is 2. The maximum absolute atomic E-state index is 12.4. The molecule has 1 aliphatic heterocycles. The van der Waals surface area contributed by atoms with Gasteiger partial charge in [0.15, 0.2) is 0 Å². The molecule has 0 bridgehead atoms. The first kappa shape index (κ1) is 14.6. The van der Waals surface area contributed by atoms with E-state index >= 15 is 0 Å². The van der Waals surface area contributed by atoms with Crippen LogP contribution in [-0.4, -0.2) is 47.8 Å². The van der Waals surface area contributed by atoms with Crippen LogP contribution in [0.15, 0.2) is 18.2 Å². The van der Waals surface area contributed by atoms with Crippen molar-refractivity contribution in [2.45, 2.75) is 19.1 Å². The Hall–Kier alpha value is -0.810. The number of nitrogens with zero attached hydrogens (tertiary/aromatic N) is 1. The highest BCUT2D eigenvalue weighted by Crippen LogP contribution is 2.23. The minimum absolute atomic E-state index is 0.109. The summed E-state index contributed by atoms with van der Waals surface area (Å²) in [6.45, 7) is 2.60. The van der Waals surface area contributed by atoms with Gasteiger partial charge in [-0.25, -0.2) is 0 Å². The van der Waals surface area contributed by atoms with Crippen molar-refractivity contribution in [2.24, 2.45) is 0 Å². The van der Waals surface area contributed by atoms with Gasteiger partial charge in [0.1, 0.15) is 0 Å². The number of ether oxygens (including phenoxy) is 1. The number of amides is 1. The maximum atomic E-state index is 12.4. The summed E-state index contributed by atoms with van der Waals surface area (Å²) >= 11 is 11.9. The van der Waals surface area contributed by atoms with Crippen LogP contribution in [0.4, 0.5) is 0 Å². The number of aliphatic hydroxyl groups is 1. The van der Waals surface area contributed by atoms with Gasteiger partial charge >= 0.3 is 0 Å². The Morgan fingerprint density at radius 2 is 2.21 bits per heavy atom. The molecule has 4 nitrogen and oxygen atoms in total. The molecule has 1 N–H and O–H groups in total. The van der Waals surface area contributed by atoms with Crippen molar-refractivity contribution in [3.63, 3.8) is 0 Å². The molecule has 0 spiro atoms. The zero-order valence-corrected chi connectivity index (χ0v) is 12.0. The van der Waals surface area contributed by atoms with Crippen molar-refractivity contribution in [2.75, 3.05) is 19.7 Å². The van der Waals surface area contributed by atoms with Crippen LogP contribution in [0, 0.1) is 0 Å². The van der Waals surface area contributed by atoms with E-state index in [-0.39, 0.29) is 24.7 Å². The van der Waals surface area contributed by atoms with Crippen molar-refractivity contribution < 1.29 is 14.6 Å². The molecule has 1 amide bonds. The van der Waals surface area contributed by atoms with Gasteiger partial charge in [0, 0.05) is 18.1 Å². The molecule has 1 aromatic rings. The summed E-state index contributed by atoms with van der Waals surface area (Å²) in [5.74, 6) is -0.171. The SMILES string of the molecule is CC1CN(C(=O)c2ccc(Cl)cc2Cl)CC(CO)O1. The third-order valence-electron chi connectivity index (χ3n) is 2.98. The number of hydrogen-bond donors (Lipinski definition) is 1. The zero-order chi connectivity index (χ0) is 14.0. The second-order valence-corrected chi connectivity index (χ2v) is 5.43. The molecule has 0 aromatic heterocycles. The van der Waals surface area contributed by atoms with Gasteiger partial charge in [0.25, 0.3) is 5.91 Å². The highest BCUT2D eigenvalue weighted by atomic mass is 35.5. The lowest BCUT2D eigenvalue weighted by Crippen LogP contribution is -2.50. The third kappa shape index (κ3) is 3.39. The summed E-state index contributed by atoms with van der Waals surface area (Å²) in [6.07, 6.45) is -0.459. The van der Waals surface area contributed by atoms with Crippen LogP contribution in [0.5, 0.6) is 0 Å². The van der Waals surface area contributed by atoms with E-state index in [0.29, 0.717) is 28.7 Å². The molecule has 2 rings (SSSR count). The van der Waals surface area contributed by atoms with Crippen molar-refractivity contribution in [3.8, 4) is 0 Å². The van der Waals surface area contributed by atoms with Crippen LogP contribution >= 0.6 is 23.2 Å². The van der Waals surface area contributed by atoms with E-state index in [0.717, 1.165) is 0 Å². The van der Waals surface area contributed by atoms with Gasteiger partial charge < -0.3 is 14.7 Å². The fourth-order valence-corrected chi connectivity index (χ4v) is 2.63. The van der Waals surface area contributed by atoms with Gasteiger partial charge in [0.2, 0.25) is 0 Å². The summed E-state index contributed by atoms with van der Waals surface area (Å²) in [5.41, 5.74) is 0.414. The summed E-state index contributed by atoms with van der Waals surface area (Å²) in [7, 11) is 0. The Morgan fingerprint density at radius 1 is 1.47 bits per heavy atom. The first-order chi connectivity index (χ1) is 9.01. The first-order valence-electron chi connectivity index (χ1n) is 6.02. The van der Waals surface area contributed by atoms with Gasteiger partial charge in [0.05, 0.1) is 29.4 Å². The quantitative estimate of drug-likeness (QED) is 0.911. The smallest absolute Gasteiger partial charge is 0.255 e. The number of carbonyl (C=O) groups is 1. The second kappa shape index (κ2) is 6.09. The highest BCUT2D eigenvalue weighted by molar-refractivity contribution is 6.36. The fraction of sp³-hybridized carbons (Fsp3) is 0.462. The van der Waals surface area contributed by atoms with Gasteiger partial charge in [-0.05, 0) is 25.1 Å². The predicted molar refractivity (Wildman–Crippen MR) is 73.8 cm³/mol. The van der Waals surface area contributed by atoms with Crippen molar-refractivity contribution >= 4 is 29.1 Å². The minimum Gasteiger partial charge on any atom is -0.394 e. The monoisotopic (exact) mass is 303 g/mol.